The molecule has 0 bridgehead atoms. The second-order valence-electron chi connectivity index (χ2n) is 3.24. The molecule has 0 aromatic heterocycles. The van der Waals surface area contributed by atoms with Crippen LogP contribution in [0.2, 0.25) is 0 Å². The summed E-state index contributed by atoms with van der Waals surface area (Å²) < 4.78 is 0. The van der Waals surface area contributed by atoms with E-state index in [-0.39, 0.29) is 0 Å². The van der Waals surface area contributed by atoms with Crippen molar-refractivity contribution >= 4 is 0 Å². The van der Waals surface area contributed by atoms with E-state index in [2.05, 4.69) is 35.8 Å². The molecule has 0 heterocycles. The van der Waals surface area contributed by atoms with Crippen molar-refractivity contribution in [2.24, 2.45) is 0 Å². The Hall–Kier alpha value is -1.44. The minimum atomic E-state index is 0.991. The maximum Gasteiger partial charge on any atom is 0.0129 e. The third-order valence-electron chi connectivity index (χ3n) is 2.32. The van der Waals surface area contributed by atoms with Gasteiger partial charge in [-0.25, -0.2) is 0 Å². The molecule has 13 heavy (non-hydrogen) atoms. The van der Waals surface area contributed by atoms with Gasteiger partial charge in [0.1, 0.15) is 0 Å². The summed E-state index contributed by atoms with van der Waals surface area (Å²) in [4.78, 5) is 0. The Morgan fingerprint density at radius 2 is 1.77 bits per heavy atom. The minimum absolute atomic E-state index is 0.991. The Morgan fingerprint density at radius 3 is 2.62 bits per heavy atom. The van der Waals surface area contributed by atoms with Crippen LogP contribution in [-0.2, 0) is 0 Å². The molecular weight excluding hydrogens is 156 g/mol. The summed E-state index contributed by atoms with van der Waals surface area (Å²) in [5.74, 6) is 6.35. The lowest BCUT2D eigenvalue weighted by Crippen LogP contribution is -1.90. The lowest BCUT2D eigenvalue weighted by atomic mass is 9.98. The molecule has 0 fully saturated rings. The maximum atomic E-state index is 3.18. The SMILES string of the molecule is C1=CC=CC2=C(C=1)CCC#CCC2. The predicted octanol–water partition coefficient (Wildman–Crippen LogP) is 3.14. The molecule has 0 radical (unpaired) electrons. The highest BCUT2D eigenvalue weighted by atomic mass is 14.1. The average molecular weight is 168 g/mol. The molecule has 0 saturated carbocycles. The van der Waals surface area contributed by atoms with Crippen molar-refractivity contribution in [3.8, 4) is 11.8 Å². The molecule has 0 N–H and O–H groups in total. The second-order valence-corrected chi connectivity index (χ2v) is 3.24. The first kappa shape index (κ1) is 8.17. The monoisotopic (exact) mass is 168 g/mol. The molecular formula is C13H12. The van der Waals surface area contributed by atoms with Crippen molar-refractivity contribution in [3.05, 3.63) is 41.2 Å². The van der Waals surface area contributed by atoms with Crippen molar-refractivity contribution in [3.63, 3.8) is 0 Å². The molecule has 0 amide bonds. The van der Waals surface area contributed by atoms with Crippen molar-refractivity contribution in [1.29, 1.82) is 0 Å². The summed E-state index contributed by atoms with van der Waals surface area (Å²) in [6, 6.07) is 0. The van der Waals surface area contributed by atoms with Gasteiger partial charge in [0, 0.05) is 12.8 Å². The summed E-state index contributed by atoms with van der Waals surface area (Å²) in [6.45, 7) is 0. The van der Waals surface area contributed by atoms with Crippen LogP contribution < -0.4 is 0 Å². The fourth-order valence-corrected chi connectivity index (χ4v) is 1.62. The van der Waals surface area contributed by atoms with Crippen LogP contribution in [0.3, 0.4) is 0 Å². The van der Waals surface area contributed by atoms with Gasteiger partial charge in [0.05, 0.1) is 0 Å². The van der Waals surface area contributed by atoms with Gasteiger partial charge in [0.15, 0.2) is 0 Å². The van der Waals surface area contributed by atoms with E-state index in [0.29, 0.717) is 0 Å². The fraction of sp³-hybridized carbons (Fsp3) is 0.308. The lowest BCUT2D eigenvalue weighted by Gasteiger charge is -2.07. The van der Waals surface area contributed by atoms with E-state index in [0.717, 1.165) is 25.7 Å². The molecule has 0 saturated heterocycles. The minimum Gasteiger partial charge on any atom is -0.121 e. The molecule has 2 aliphatic carbocycles. The molecule has 0 atom stereocenters. The van der Waals surface area contributed by atoms with Crippen LogP contribution in [0.25, 0.3) is 0 Å². The first-order valence-electron chi connectivity index (χ1n) is 4.74. The average Bonchev–Trinajstić information content (AvgIpc) is 2.30. The summed E-state index contributed by atoms with van der Waals surface area (Å²) in [6.07, 6.45) is 12.5. The molecule has 0 heteroatoms. The first-order chi connectivity index (χ1) is 6.47. The van der Waals surface area contributed by atoms with Crippen LogP contribution in [0.1, 0.15) is 25.7 Å². The van der Waals surface area contributed by atoms with Gasteiger partial charge in [-0.1, -0.05) is 12.2 Å². The Kier molecular flexibility index (Phi) is 2.51. The van der Waals surface area contributed by atoms with E-state index < -0.39 is 0 Å². The topological polar surface area (TPSA) is 0 Å². The van der Waals surface area contributed by atoms with Gasteiger partial charge >= 0.3 is 0 Å². The fourth-order valence-electron chi connectivity index (χ4n) is 1.62. The summed E-state index contributed by atoms with van der Waals surface area (Å²) in [5.41, 5.74) is 6.01. The highest BCUT2D eigenvalue weighted by Crippen LogP contribution is 2.21. The van der Waals surface area contributed by atoms with Crippen molar-refractivity contribution in [2.45, 2.75) is 25.7 Å². The smallest absolute Gasteiger partial charge is 0.0129 e. The van der Waals surface area contributed by atoms with Crippen LogP contribution in [0.4, 0.5) is 0 Å². The third kappa shape index (κ3) is 2.02. The highest BCUT2D eigenvalue weighted by Gasteiger charge is 2.03. The summed E-state index contributed by atoms with van der Waals surface area (Å²) >= 11 is 0. The highest BCUT2D eigenvalue weighted by molar-refractivity contribution is 5.38. The van der Waals surface area contributed by atoms with Crippen LogP contribution in [0, 0.1) is 11.8 Å². The first-order valence-corrected chi connectivity index (χ1v) is 4.74. The Morgan fingerprint density at radius 1 is 1.00 bits per heavy atom. The van der Waals surface area contributed by atoms with E-state index in [1.165, 1.54) is 11.1 Å². The zero-order chi connectivity index (χ0) is 8.93. The van der Waals surface area contributed by atoms with Gasteiger partial charge in [0.2, 0.25) is 0 Å². The van der Waals surface area contributed by atoms with Crippen LogP contribution in [0.15, 0.2) is 41.2 Å². The van der Waals surface area contributed by atoms with Gasteiger partial charge in [0.25, 0.3) is 0 Å². The number of hydrogen-bond donors (Lipinski definition) is 0. The van der Waals surface area contributed by atoms with E-state index >= 15 is 0 Å². The molecule has 0 nitrogen and oxygen atoms in total. The van der Waals surface area contributed by atoms with Crippen LogP contribution in [0.5, 0.6) is 0 Å². The maximum absolute atomic E-state index is 3.18. The predicted molar refractivity (Wildman–Crippen MR) is 55.1 cm³/mol. The zero-order valence-electron chi connectivity index (χ0n) is 7.64. The molecule has 64 valence electrons. The van der Waals surface area contributed by atoms with Gasteiger partial charge in [-0.3, -0.25) is 0 Å². The second kappa shape index (κ2) is 3.99. The number of hydrogen-bond acceptors (Lipinski definition) is 0. The van der Waals surface area contributed by atoms with E-state index in [1.54, 1.807) is 0 Å². The van der Waals surface area contributed by atoms with Gasteiger partial charge in [-0.05, 0) is 36.1 Å². The van der Waals surface area contributed by atoms with Gasteiger partial charge in [-0.2, -0.15) is 0 Å². The van der Waals surface area contributed by atoms with Crippen LogP contribution in [-0.4, -0.2) is 0 Å². The van der Waals surface area contributed by atoms with Crippen LogP contribution >= 0.6 is 0 Å². The molecule has 0 unspecified atom stereocenters. The van der Waals surface area contributed by atoms with E-state index in [9.17, 15) is 0 Å². The molecule has 2 aliphatic rings. The molecule has 0 aromatic carbocycles. The van der Waals surface area contributed by atoms with E-state index in [4.69, 9.17) is 0 Å². The number of allylic oxidation sites excluding steroid dienone is 5. The summed E-state index contributed by atoms with van der Waals surface area (Å²) in [7, 11) is 0. The zero-order valence-corrected chi connectivity index (χ0v) is 7.64. The van der Waals surface area contributed by atoms with Crippen molar-refractivity contribution in [2.75, 3.05) is 0 Å². The Bertz CT molecular complexity index is 374. The van der Waals surface area contributed by atoms with Crippen molar-refractivity contribution in [1.82, 2.24) is 0 Å². The standard InChI is InChI=1S/C13H12/c1-2-5-9-13-11-7-3-6-10-12(13)8-4-1/h3,6,10-11H,4-5,8-9H2. The Balaban J connectivity index is 2.30. The largest absolute Gasteiger partial charge is 0.121 e. The number of rotatable bonds is 0. The van der Waals surface area contributed by atoms with E-state index in [1.807, 2.05) is 6.08 Å². The molecule has 0 aliphatic heterocycles. The van der Waals surface area contributed by atoms with Crippen molar-refractivity contribution < 1.29 is 0 Å². The molecule has 2 rings (SSSR count). The molecule has 0 aromatic rings. The molecule has 0 spiro atoms. The van der Waals surface area contributed by atoms with Gasteiger partial charge < -0.3 is 0 Å². The quantitative estimate of drug-likeness (QED) is 0.385. The summed E-state index contributed by atoms with van der Waals surface area (Å²) in [5, 5.41) is 0. The van der Waals surface area contributed by atoms with Gasteiger partial charge in [-0.15, -0.1) is 17.6 Å². The Labute approximate surface area is 79.3 Å². The third-order valence-corrected chi connectivity index (χ3v) is 2.32. The lowest BCUT2D eigenvalue weighted by molar-refractivity contribution is 0.939. The normalized spacial score (nSPS) is 19.7.